The number of hydrogen-bond acceptors (Lipinski definition) is 28. The highest BCUT2D eigenvalue weighted by atomic mass is 16.8. The zero-order valence-corrected chi connectivity index (χ0v) is 33.5. The SMILES string of the molecule is OC[C@H]1O[C@@H](O[C@H]2[C@H]3OC[C@@H]2O[C@@H](O[C@H]2[C@@H](O)[C@@H](CO)O[C@@H](O[C@H]4[C@H]5OC[C@@H]4O[C@@H](O[C@H]4[C@@H](O)[C@@H](CO)O[C@@H](O[C@H]6[C@H]7OC[C@@H]6O[C@@H](O)[C@H]7O)[C@@H]4O)[C@H]5O)[C@@H]2O)[C@H]3O)[C@H](O)[C@@H](O)[C@H]1O. The molecule has 0 aliphatic carbocycles. The molecule has 0 unspecified atom stereocenters. The fourth-order valence-electron chi connectivity index (χ4n) is 9.61. The van der Waals surface area contributed by atoms with Crippen molar-refractivity contribution in [3.05, 3.63) is 0 Å². The summed E-state index contributed by atoms with van der Waals surface area (Å²) in [7, 11) is 0. The normalized spacial score (nSPS) is 57.3. The lowest BCUT2D eigenvalue weighted by molar-refractivity contribution is -0.380. The van der Waals surface area contributed by atoms with Crippen molar-refractivity contribution in [2.45, 2.75) is 184 Å². The average molecular weight is 937 g/mol. The molecule has 0 aromatic rings. The summed E-state index contributed by atoms with van der Waals surface area (Å²) < 4.78 is 80.4. The van der Waals surface area contributed by atoms with Crippen LogP contribution in [0.2, 0.25) is 0 Å². The Balaban J connectivity index is 0.830. The maximum atomic E-state index is 11.5. The lowest BCUT2D eigenvalue weighted by Crippen LogP contribution is -2.66. The van der Waals surface area contributed by atoms with E-state index in [9.17, 15) is 71.5 Å². The molecule has 0 aromatic carbocycles. The summed E-state index contributed by atoms with van der Waals surface area (Å²) in [4.78, 5) is 0. The average Bonchev–Trinajstić information content (AvgIpc) is 3.89. The highest BCUT2D eigenvalue weighted by Gasteiger charge is 2.61. The molecular formula is C36H56O28. The Morgan fingerprint density at radius 3 is 1.05 bits per heavy atom. The van der Waals surface area contributed by atoms with Crippen molar-refractivity contribution in [2.24, 2.45) is 0 Å². The molecule has 28 heteroatoms. The van der Waals surface area contributed by atoms with E-state index in [1.807, 2.05) is 0 Å². The van der Waals surface area contributed by atoms with E-state index in [1.54, 1.807) is 0 Å². The predicted octanol–water partition coefficient (Wildman–Crippen LogP) is -11.0. The third-order valence-electron chi connectivity index (χ3n) is 13.2. The van der Waals surface area contributed by atoms with E-state index in [1.165, 1.54) is 0 Å². The molecule has 0 amide bonds. The maximum Gasteiger partial charge on any atom is 0.187 e. The fraction of sp³-hybridized carbons (Fsp3) is 1.00. The minimum Gasteiger partial charge on any atom is -0.394 e. The second-order valence-corrected chi connectivity index (χ2v) is 17.1. The van der Waals surface area contributed by atoms with Gasteiger partial charge in [-0.25, -0.2) is 0 Å². The minimum atomic E-state index is -1.87. The molecule has 14 N–H and O–H groups in total. The van der Waals surface area contributed by atoms with E-state index in [0.29, 0.717) is 0 Å². The molecule has 9 aliphatic heterocycles. The fourth-order valence-corrected chi connectivity index (χ4v) is 9.61. The molecule has 9 rings (SSSR count). The first-order chi connectivity index (χ1) is 30.6. The molecular weight excluding hydrogens is 880 g/mol. The van der Waals surface area contributed by atoms with Gasteiger partial charge in [-0.2, -0.15) is 0 Å². The topological polar surface area (TPSA) is 412 Å². The molecule has 9 fully saturated rings. The van der Waals surface area contributed by atoms with Gasteiger partial charge in [0.15, 0.2) is 37.7 Å². The van der Waals surface area contributed by atoms with Gasteiger partial charge in [0.25, 0.3) is 0 Å². The summed E-state index contributed by atoms with van der Waals surface area (Å²) in [6, 6.07) is 0. The molecule has 0 radical (unpaired) electrons. The van der Waals surface area contributed by atoms with Gasteiger partial charge in [-0.15, -0.1) is 0 Å². The predicted molar refractivity (Wildman–Crippen MR) is 189 cm³/mol. The summed E-state index contributed by atoms with van der Waals surface area (Å²) in [5, 5.41) is 149. The van der Waals surface area contributed by atoms with Crippen molar-refractivity contribution in [3.63, 3.8) is 0 Å². The number of ether oxygens (including phenoxy) is 14. The Morgan fingerprint density at radius 2 is 0.641 bits per heavy atom. The van der Waals surface area contributed by atoms with Crippen molar-refractivity contribution in [3.8, 4) is 0 Å². The van der Waals surface area contributed by atoms with Gasteiger partial charge in [0, 0.05) is 0 Å². The zero-order valence-electron chi connectivity index (χ0n) is 33.5. The molecule has 368 valence electrons. The third kappa shape index (κ3) is 8.54. The summed E-state index contributed by atoms with van der Waals surface area (Å²) in [6.45, 7) is -2.73. The van der Waals surface area contributed by atoms with Gasteiger partial charge >= 0.3 is 0 Å². The Morgan fingerprint density at radius 1 is 0.312 bits per heavy atom. The van der Waals surface area contributed by atoms with Gasteiger partial charge in [-0.1, -0.05) is 0 Å². The van der Waals surface area contributed by atoms with E-state index in [2.05, 4.69) is 0 Å². The van der Waals surface area contributed by atoms with Gasteiger partial charge < -0.3 is 138 Å². The number of hydrogen-bond donors (Lipinski definition) is 14. The first-order valence-electron chi connectivity index (χ1n) is 21.0. The van der Waals surface area contributed by atoms with E-state index >= 15 is 0 Å². The van der Waals surface area contributed by atoms with Crippen LogP contribution in [0.4, 0.5) is 0 Å². The third-order valence-corrected chi connectivity index (χ3v) is 13.2. The standard InChI is InChI=1S/C36H56O28/c37-1-7-13(40)16(43)17(44)32(55-7)60-24-11-5-52-29(24)21(48)35(58-11)64-27-15(42)9(3-39)57-34(20(27)47)62-25-12-6-53-30(25)22(49)36(59-12)63-26-14(41)8(2-38)56-33(19(26)46)61-23-10-4-51-28(23)18(45)31(50)54-10/h7-50H,1-6H2/t7-,8-,9-,10+,11+,12+,13+,14+,15+,16+,17-,18+,19-,20-,21+,22+,23-,24-,25-,26+,27+,28+,29+,30+,31-,32+,33+,34+,35+,36+/m1/s1. The van der Waals surface area contributed by atoms with Crippen molar-refractivity contribution in [1.29, 1.82) is 0 Å². The first kappa shape index (κ1) is 47.9. The van der Waals surface area contributed by atoms with Crippen LogP contribution in [0.3, 0.4) is 0 Å². The van der Waals surface area contributed by atoms with Crippen molar-refractivity contribution < 1.29 is 138 Å². The molecule has 0 saturated carbocycles. The summed E-state index contributed by atoms with van der Waals surface area (Å²) in [5.74, 6) is 0. The highest BCUT2D eigenvalue weighted by molar-refractivity contribution is 5.03. The second kappa shape index (κ2) is 19.3. The second-order valence-electron chi connectivity index (χ2n) is 17.1. The monoisotopic (exact) mass is 936 g/mol. The number of rotatable bonds is 13. The van der Waals surface area contributed by atoms with Crippen molar-refractivity contribution in [2.75, 3.05) is 39.6 Å². The molecule has 9 heterocycles. The maximum absolute atomic E-state index is 11.5. The number of fused-ring (bicyclic) bond motifs is 6. The van der Waals surface area contributed by atoms with E-state index in [-0.39, 0.29) is 19.8 Å². The Bertz CT molecular complexity index is 1550. The Labute approximate surface area is 361 Å². The van der Waals surface area contributed by atoms with Crippen molar-refractivity contribution >= 4 is 0 Å². The van der Waals surface area contributed by atoms with E-state index in [0.717, 1.165) is 0 Å². The van der Waals surface area contributed by atoms with Gasteiger partial charge in [-0.05, 0) is 0 Å². The molecule has 6 bridgehead atoms. The van der Waals surface area contributed by atoms with Crippen LogP contribution >= 0.6 is 0 Å². The summed E-state index contributed by atoms with van der Waals surface area (Å²) >= 11 is 0. The largest absolute Gasteiger partial charge is 0.394 e. The molecule has 30 atom stereocenters. The smallest absolute Gasteiger partial charge is 0.187 e. The number of aliphatic hydroxyl groups is 14. The highest BCUT2D eigenvalue weighted by Crippen LogP contribution is 2.41. The van der Waals surface area contributed by atoms with Gasteiger partial charge in [0.1, 0.15) is 146 Å². The van der Waals surface area contributed by atoms with E-state index < -0.39 is 204 Å². The van der Waals surface area contributed by atoms with Crippen LogP contribution in [-0.2, 0) is 66.3 Å². The van der Waals surface area contributed by atoms with Crippen LogP contribution in [0.15, 0.2) is 0 Å². The van der Waals surface area contributed by atoms with Crippen LogP contribution in [0, 0.1) is 0 Å². The molecule has 0 aromatic heterocycles. The molecule has 9 saturated heterocycles. The van der Waals surface area contributed by atoms with Crippen LogP contribution in [0.25, 0.3) is 0 Å². The molecule has 9 aliphatic rings. The van der Waals surface area contributed by atoms with E-state index in [4.69, 9.17) is 66.3 Å². The van der Waals surface area contributed by atoms with Crippen LogP contribution in [-0.4, -0.2) is 295 Å². The zero-order chi connectivity index (χ0) is 45.5. The number of aliphatic hydroxyl groups excluding tert-OH is 14. The van der Waals surface area contributed by atoms with Crippen molar-refractivity contribution in [1.82, 2.24) is 0 Å². The van der Waals surface area contributed by atoms with Crippen LogP contribution in [0.1, 0.15) is 0 Å². The molecule has 64 heavy (non-hydrogen) atoms. The van der Waals surface area contributed by atoms with Crippen LogP contribution < -0.4 is 0 Å². The quantitative estimate of drug-likeness (QED) is 0.0815. The van der Waals surface area contributed by atoms with Gasteiger partial charge in [-0.3, -0.25) is 0 Å². The summed E-state index contributed by atoms with van der Waals surface area (Å²) in [5.41, 5.74) is 0. The minimum absolute atomic E-state index is 0.0613. The Hall–Kier alpha value is -1.12. The molecule has 28 nitrogen and oxygen atoms in total. The Kier molecular flexibility index (Phi) is 14.5. The lowest BCUT2D eigenvalue weighted by atomic mass is 9.96. The van der Waals surface area contributed by atoms with Gasteiger partial charge in [0.2, 0.25) is 0 Å². The summed E-state index contributed by atoms with van der Waals surface area (Å²) in [6.07, 6.45) is -44.2. The molecule has 0 spiro atoms. The van der Waals surface area contributed by atoms with Gasteiger partial charge in [0.05, 0.1) is 39.6 Å². The first-order valence-corrected chi connectivity index (χ1v) is 21.0. The lowest BCUT2D eigenvalue weighted by Gasteiger charge is -2.48. The van der Waals surface area contributed by atoms with Crippen LogP contribution in [0.5, 0.6) is 0 Å².